The molecule has 0 aliphatic heterocycles. The molecule has 0 atom stereocenters. The Hall–Kier alpha value is -1.37. The predicted octanol–water partition coefficient (Wildman–Crippen LogP) is 2.68. The van der Waals surface area contributed by atoms with E-state index in [0.717, 1.165) is 0 Å². The maximum atomic E-state index is 10.9. The normalized spacial score (nSPS) is 10.4. The van der Waals surface area contributed by atoms with Crippen LogP contribution in [0.3, 0.4) is 0 Å². The van der Waals surface area contributed by atoms with Gasteiger partial charge in [-0.1, -0.05) is 17.7 Å². The number of benzene rings is 1. The summed E-state index contributed by atoms with van der Waals surface area (Å²) >= 11 is 5.76. The molecule has 0 bridgehead atoms. The molecule has 0 radical (unpaired) electrons. The van der Waals surface area contributed by atoms with Crippen molar-refractivity contribution in [1.82, 2.24) is 0 Å². The van der Waals surface area contributed by atoms with E-state index in [-0.39, 0.29) is 16.5 Å². The molecular formula is C12H16ClNO5. The Morgan fingerprint density at radius 2 is 2.05 bits per heavy atom. The summed E-state index contributed by atoms with van der Waals surface area (Å²) in [6.07, 6.45) is 0.632. The molecule has 0 saturated carbocycles. The Morgan fingerprint density at radius 3 is 2.74 bits per heavy atom. The van der Waals surface area contributed by atoms with Gasteiger partial charge in [-0.05, 0) is 12.1 Å². The standard InChI is InChI=1S/C12H16ClNO5/c1-17-8-9-18-6-3-7-19-11-5-2-4-10(13)12(11)14(15)16/h2,4-5H,3,6-9H2,1H3. The second kappa shape index (κ2) is 8.68. The van der Waals surface area contributed by atoms with Crippen LogP contribution in [-0.4, -0.2) is 38.5 Å². The fourth-order valence-electron chi connectivity index (χ4n) is 1.38. The fraction of sp³-hybridized carbons (Fsp3) is 0.500. The second-order valence-electron chi connectivity index (χ2n) is 3.65. The van der Waals surface area contributed by atoms with Gasteiger partial charge in [-0.25, -0.2) is 0 Å². The number of hydrogen-bond acceptors (Lipinski definition) is 5. The average Bonchev–Trinajstić information content (AvgIpc) is 2.37. The van der Waals surface area contributed by atoms with E-state index in [4.69, 9.17) is 25.8 Å². The molecule has 6 nitrogen and oxygen atoms in total. The van der Waals surface area contributed by atoms with Crippen molar-refractivity contribution >= 4 is 17.3 Å². The molecule has 0 aliphatic carbocycles. The summed E-state index contributed by atoms with van der Waals surface area (Å²) in [6, 6.07) is 4.59. The Labute approximate surface area is 116 Å². The smallest absolute Gasteiger partial charge is 0.329 e. The van der Waals surface area contributed by atoms with Crippen molar-refractivity contribution in [2.45, 2.75) is 6.42 Å². The van der Waals surface area contributed by atoms with Crippen LogP contribution in [-0.2, 0) is 9.47 Å². The molecule has 0 heterocycles. The average molecular weight is 290 g/mol. The minimum Gasteiger partial charge on any atom is -0.487 e. The number of para-hydroxylation sites is 1. The molecule has 0 aliphatic rings. The van der Waals surface area contributed by atoms with Crippen LogP contribution in [0.25, 0.3) is 0 Å². The number of nitrogens with zero attached hydrogens (tertiary/aromatic N) is 1. The van der Waals surface area contributed by atoms with Gasteiger partial charge in [0, 0.05) is 20.1 Å². The van der Waals surface area contributed by atoms with E-state index in [9.17, 15) is 10.1 Å². The van der Waals surface area contributed by atoms with E-state index in [1.54, 1.807) is 13.2 Å². The van der Waals surface area contributed by atoms with E-state index in [0.29, 0.717) is 32.8 Å². The number of rotatable bonds is 9. The molecule has 0 spiro atoms. The minimum absolute atomic E-state index is 0.0684. The molecule has 19 heavy (non-hydrogen) atoms. The van der Waals surface area contributed by atoms with Gasteiger partial charge in [0.15, 0.2) is 5.75 Å². The molecule has 106 valence electrons. The summed E-state index contributed by atoms with van der Waals surface area (Å²) < 4.78 is 15.4. The van der Waals surface area contributed by atoms with E-state index >= 15 is 0 Å². The molecule has 1 aromatic carbocycles. The molecule has 1 aromatic rings. The second-order valence-corrected chi connectivity index (χ2v) is 4.06. The summed E-state index contributed by atoms with van der Waals surface area (Å²) in [5.74, 6) is 0.175. The van der Waals surface area contributed by atoms with Crippen molar-refractivity contribution in [3.8, 4) is 5.75 Å². The molecular weight excluding hydrogens is 274 g/mol. The van der Waals surface area contributed by atoms with Crippen molar-refractivity contribution in [1.29, 1.82) is 0 Å². The lowest BCUT2D eigenvalue weighted by Crippen LogP contribution is -2.07. The number of ether oxygens (including phenoxy) is 3. The van der Waals surface area contributed by atoms with Crippen LogP contribution in [0.2, 0.25) is 5.02 Å². The number of nitro groups is 1. The lowest BCUT2D eigenvalue weighted by atomic mass is 10.3. The molecule has 0 aromatic heterocycles. The summed E-state index contributed by atoms with van der Waals surface area (Å²) in [6.45, 7) is 1.90. The minimum atomic E-state index is -0.549. The Kier molecular flexibility index (Phi) is 7.17. The van der Waals surface area contributed by atoms with Gasteiger partial charge in [-0.2, -0.15) is 0 Å². The molecule has 0 fully saturated rings. The molecule has 0 amide bonds. The molecule has 1 rings (SSSR count). The van der Waals surface area contributed by atoms with E-state index in [1.165, 1.54) is 12.1 Å². The van der Waals surface area contributed by atoms with Crippen LogP contribution in [0, 0.1) is 10.1 Å². The van der Waals surface area contributed by atoms with E-state index < -0.39 is 4.92 Å². The highest BCUT2D eigenvalue weighted by Gasteiger charge is 2.19. The fourth-order valence-corrected chi connectivity index (χ4v) is 1.61. The van der Waals surface area contributed by atoms with Crippen LogP contribution in [0.4, 0.5) is 5.69 Å². The Bertz CT molecular complexity index is 413. The number of hydrogen-bond donors (Lipinski definition) is 0. The monoisotopic (exact) mass is 289 g/mol. The third-order valence-electron chi connectivity index (χ3n) is 2.25. The quantitative estimate of drug-likeness (QED) is 0.397. The van der Waals surface area contributed by atoms with Gasteiger partial charge in [0.2, 0.25) is 0 Å². The van der Waals surface area contributed by atoms with Crippen molar-refractivity contribution in [3.05, 3.63) is 33.3 Å². The van der Waals surface area contributed by atoms with Crippen LogP contribution < -0.4 is 4.74 Å². The topological polar surface area (TPSA) is 70.8 Å². The third kappa shape index (κ3) is 5.42. The summed E-state index contributed by atoms with van der Waals surface area (Å²) in [7, 11) is 1.60. The van der Waals surface area contributed by atoms with Crippen molar-refractivity contribution in [3.63, 3.8) is 0 Å². The first-order valence-electron chi connectivity index (χ1n) is 5.79. The number of halogens is 1. The zero-order valence-electron chi connectivity index (χ0n) is 10.6. The van der Waals surface area contributed by atoms with Crippen LogP contribution in [0.15, 0.2) is 18.2 Å². The molecule has 0 unspecified atom stereocenters. The van der Waals surface area contributed by atoms with Gasteiger partial charge in [-0.3, -0.25) is 10.1 Å². The van der Waals surface area contributed by atoms with Gasteiger partial charge >= 0.3 is 5.69 Å². The molecule has 0 saturated heterocycles. The van der Waals surface area contributed by atoms with Gasteiger partial charge in [-0.15, -0.1) is 0 Å². The van der Waals surface area contributed by atoms with Crippen molar-refractivity contribution in [2.24, 2.45) is 0 Å². The Morgan fingerprint density at radius 1 is 1.26 bits per heavy atom. The van der Waals surface area contributed by atoms with Gasteiger partial charge in [0.05, 0.1) is 24.7 Å². The first-order chi connectivity index (χ1) is 9.16. The highest BCUT2D eigenvalue weighted by molar-refractivity contribution is 6.32. The Balaban J connectivity index is 2.37. The third-order valence-corrected chi connectivity index (χ3v) is 2.56. The lowest BCUT2D eigenvalue weighted by Gasteiger charge is -2.07. The number of methoxy groups -OCH3 is 1. The predicted molar refractivity (Wildman–Crippen MR) is 70.9 cm³/mol. The lowest BCUT2D eigenvalue weighted by molar-refractivity contribution is -0.385. The zero-order chi connectivity index (χ0) is 14.1. The SMILES string of the molecule is COCCOCCCOc1cccc(Cl)c1[N+](=O)[O-]. The molecule has 7 heteroatoms. The maximum Gasteiger partial charge on any atom is 0.329 e. The summed E-state index contributed by atoms with van der Waals surface area (Å²) in [5.41, 5.74) is -0.204. The largest absolute Gasteiger partial charge is 0.487 e. The molecule has 0 N–H and O–H groups in total. The van der Waals surface area contributed by atoms with Crippen LogP contribution in [0.5, 0.6) is 5.75 Å². The van der Waals surface area contributed by atoms with Crippen molar-refractivity contribution in [2.75, 3.05) is 33.5 Å². The van der Waals surface area contributed by atoms with Gasteiger partial charge < -0.3 is 14.2 Å². The van der Waals surface area contributed by atoms with Crippen LogP contribution >= 0.6 is 11.6 Å². The number of nitro benzene ring substituents is 1. The van der Waals surface area contributed by atoms with Crippen molar-refractivity contribution < 1.29 is 19.1 Å². The van der Waals surface area contributed by atoms with E-state index in [1.807, 2.05) is 0 Å². The maximum absolute atomic E-state index is 10.9. The zero-order valence-corrected chi connectivity index (χ0v) is 11.4. The first-order valence-corrected chi connectivity index (χ1v) is 6.17. The van der Waals surface area contributed by atoms with Gasteiger partial charge in [0.25, 0.3) is 0 Å². The summed E-state index contributed by atoms with van der Waals surface area (Å²) in [4.78, 5) is 10.3. The van der Waals surface area contributed by atoms with Gasteiger partial charge in [0.1, 0.15) is 5.02 Å². The highest BCUT2D eigenvalue weighted by atomic mass is 35.5. The van der Waals surface area contributed by atoms with E-state index in [2.05, 4.69) is 0 Å². The highest BCUT2D eigenvalue weighted by Crippen LogP contribution is 2.34. The van der Waals surface area contributed by atoms with Crippen LogP contribution in [0.1, 0.15) is 6.42 Å². The first kappa shape index (κ1) is 15.7. The summed E-state index contributed by atoms with van der Waals surface area (Å²) in [5, 5.41) is 10.9.